The van der Waals surface area contributed by atoms with Gasteiger partial charge in [0.2, 0.25) is 0 Å². The van der Waals surface area contributed by atoms with E-state index in [-0.39, 0.29) is 0 Å². The standard InChI is InChI=1S/C7H11N2S/c1-2-4-9-5-6-10-7(9)8-3-1/h5H,1-4,6H2/q+1. The van der Waals surface area contributed by atoms with Gasteiger partial charge in [0, 0.05) is 0 Å². The van der Waals surface area contributed by atoms with Gasteiger partial charge in [-0.05, 0) is 24.6 Å². The number of nitrogens with zero attached hydrogens (tertiary/aromatic N) is 2. The van der Waals surface area contributed by atoms with E-state index in [4.69, 9.17) is 0 Å². The fraction of sp³-hybridized carbons (Fsp3) is 0.714. The smallest absolute Gasteiger partial charge is 0.228 e. The first kappa shape index (κ1) is 6.40. The van der Waals surface area contributed by atoms with Gasteiger partial charge in [0.25, 0.3) is 0 Å². The molecule has 54 valence electrons. The average Bonchev–Trinajstić information content (AvgIpc) is 2.28. The zero-order chi connectivity index (χ0) is 6.81. The lowest BCUT2D eigenvalue weighted by molar-refractivity contribution is -0.395. The first-order chi connectivity index (χ1) is 4.97. The molecule has 0 radical (unpaired) electrons. The molecule has 3 heteroatoms. The molecule has 2 aliphatic heterocycles. The Kier molecular flexibility index (Phi) is 1.76. The molecule has 2 heterocycles. The Morgan fingerprint density at radius 3 is 3.50 bits per heavy atom. The van der Waals surface area contributed by atoms with Crippen LogP contribution in [-0.4, -0.2) is 34.8 Å². The molecule has 0 spiro atoms. The molecule has 2 aliphatic rings. The minimum Gasteiger partial charge on any atom is -0.228 e. The van der Waals surface area contributed by atoms with Gasteiger partial charge in [0.15, 0.2) is 0 Å². The van der Waals surface area contributed by atoms with Crippen molar-refractivity contribution < 1.29 is 4.58 Å². The van der Waals surface area contributed by atoms with Gasteiger partial charge in [-0.25, -0.2) is 4.58 Å². The summed E-state index contributed by atoms with van der Waals surface area (Å²) < 4.78 is 2.29. The second kappa shape index (κ2) is 2.74. The van der Waals surface area contributed by atoms with Crippen LogP contribution in [0.1, 0.15) is 12.8 Å². The fourth-order valence-electron chi connectivity index (χ4n) is 1.25. The Hall–Kier alpha value is -0.310. The van der Waals surface area contributed by atoms with Crippen LogP contribution in [0.4, 0.5) is 0 Å². The lowest BCUT2D eigenvalue weighted by Gasteiger charge is -1.92. The molecule has 0 saturated carbocycles. The van der Waals surface area contributed by atoms with E-state index in [0.29, 0.717) is 0 Å². The van der Waals surface area contributed by atoms with Crippen molar-refractivity contribution >= 4 is 23.1 Å². The summed E-state index contributed by atoms with van der Waals surface area (Å²) in [5.41, 5.74) is 0. The Balaban J connectivity index is 2.21. The van der Waals surface area contributed by atoms with Crippen LogP contribution in [-0.2, 0) is 0 Å². The molecule has 0 bridgehead atoms. The van der Waals surface area contributed by atoms with Crippen molar-refractivity contribution in [2.75, 3.05) is 18.8 Å². The highest BCUT2D eigenvalue weighted by molar-refractivity contribution is 8.14. The normalized spacial score (nSPS) is 24.8. The Morgan fingerprint density at radius 1 is 1.50 bits per heavy atom. The van der Waals surface area contributed by atoms with Crippen molar-refractivity contribution in [3.63, 3.8) is 0 Å². The molecule has 10 heavy (non-hydrogen) atoms. The van der Waals surface area contributed by atoms with Crippen molar-refractivity contribution in [2.45, 2.75) is 12.8 Å². The molecule has 0 aromatic carbocycles. The highest BCUT2D eigenvalue weighted by Crippen LogP contribution is 2.13. The van der Waals surface area contributed by atoms with Gasteiger partial charge in [0.05, 0.1) is 18.5 Å². The Bertz CT molecular complexity index is 196. The first-order valence-corrected chi connectivity index (χ1v) is 4.72. The van der Waals surface area contributed by atoms with E-state index >= 15 is 0 Å². The van der Waals surface area contributed by atoms with Crippen LogP contribution in [0.3, 0.4) is 0 Å². The van der Waals surface area contributed by atoms with Crippen LogP contribution in [0.15, 0.2) is 4.99 Å². The van der Waals surface area contributed by atoms with Crippen molar-refractivity contribution in [1.82, 2.24) is 0 Å². The minimum absolute atomic E-state index is 1.03. The second-order valence-corrected chi connectivity index (χ2v) is 3.55. The average molecular weight is 155 g/mol. The maximum Gasteiger partial charge on any atom is 0.353 e. The van der Waals surface area contributed by atoms with Gasteiger partial charge in [-0.3, -0.25) is 0 Å². The van der Waals surface area contributed by atoms with Crippen molar-refractivity contribution in [1.29, 1.82) is 0 Å². The number of thioether (sulfide) groups is 1. The summed E-state index contributed by atoms with van der Waals surface area (Å²) in [6, 6.07) is 0. The van der Waals surface area contributed by atoms with E-state index < -0.39 is 0 Å². The summed E-state index contributed by atoms with van der Waals surface area (Å²) in [4.78, 5) is 4.46. The number of aliphatic imine (C=N–C) groups is 1. The van der Waals surface area contributed by atoms with Crippen LogP contribution < -0.4 is 0 Å². The van der Waals surface area contributed by atoms with Crippen LogP contribution in [0.25, 0.3) is 0 Å². The van der Waals surface area contributed by atoms with E-state index in [1.165, 1.54) is 24.6 Å². The Morgan fingerprint density at radius 2 is 2.50 bits per heavy atom. The van der Waals surface area contributed by atoms with E-state index in [9.17, 15) is 0 Å². The highest BCUT2D eigenvalue weighted by atomic mass is 32.2. The molecule has 0 aliphatic carbocycles. The molecular formula is C7H11N2S+. The molecule has 0 unspecified atom stereocenters. The zero-order valence-electron chi connectivity index (χ0n) is 5.92. The minimum atomic E-state index is 1.03. The van der Waals surface area contributed by atoms with Crippen molar-refractivity contribution in [3.05, 3.63) is 0 Å². The maximum atomic E-state index is 4.46. The van der Waals surface area contributed by atoms with E-state index in [0.717, 1.165) is 12.3 Å². The third kappa shape index (κ3) is 1.10. The lowest BCUT2D eigenvalue weighted by atomic mass is 10.3. The summed E-state index contributed by atoms with van der Waals surface area (Å²) in [6.45, 7) is 2.22. The monoisotopic (exact) mass is 155 g/mol. The lowest BCUT2D eigenvalue weighted by Crippen LogP contribution is -2.13. The molecule has 0 fully saturated rings. The van der Waals surface area contributed by atoms with Crippen LogP contribution in [0.5, 0.6) is 0 Å². The van der Waals surface area contributed by atoms with E-state index in [1.54, 1.807) is 0 Å². The number of hydrogen-bond donors (Lipinski definition) is 0. The third-order valence-electron chi connectivity index (χ3n) is 1.81. The van der Waals surface area contributed by atoms with Crippen molar-refractivity contribution in [2.24, 2.45) is 4.99 Å². The summed E-state index contributed by atoms with van der Waals surface area (Å²) in [5.74, 6) is 1.12. The fourth-order valence-corrected chi connectivity index (χ4v) is 2.17. The summed E-state index contributed by atoms with van der Waals surface area (Å²) in [6.07, 6.45) is 4.80. The molecule has 0 saturated heterocycles. The quantitative estimate of drug-likeness (QED) is 0.476. The highest BCUT2D eigenvalue weighted by Gasteiger charge is 2.22. The summed E-state index contributed by atoms with van der Waals surface area (Å²) in [5, 5.41) is 1.25. The third-order valence-corrected chi connectivity index (χ3v) is 2.74. The second-order valence-electron chi connectivity index (χ2n) is 2.56. The molecule has 2 nitrogen and oxygen atoms in total. The topological polar surface area (TPSA) is 15.4 Å². The summed E-state index contributed by atoms with van der Waals surface area (Å²) >= 11 is 1.86. The molecule has 0 aromatic heterocycles. The van der Waals surface area contributed by atoms with Crippen LogP contribution in [0.2, 0.25) is 0 Å². The van der Waals surface area contributed by atoms with Gasteiger partial charge in [-0.15, -0.1) is 0 Å². The summed E-state index contributed by atoms with van der Waals surface area (Å²) in [7, 11) is 0. The zero-order valence-corrected chi connectivity index (χ0v) is 6.73. The maximum absolute atomic E-state index is 4.46. The largest absolute Gasteiger partial charge is 0.353 e. The van der Waals surface area contributed by atoms with Crippen molar-refractivity contribution in [3.8, 4) is 0 Å². The predicted molar refractivity (Wildman–Crippen MR) is 45.2 cm³/mol. The van der Waals surface area contributed by atoms with Crippen LogP contribution >= 0.6 is 11.8 Å². The van der Waals surface area contributed by atoms with Gasteiger partial charge in [-0.1, -0.05) is 4.99 Å². The van der Waals surface area contributed by atoms with Gasteiger partial charge >= 0.3 is 5.17 Å². The van der Waals surface area contributed by atoms with Gasteiger partial charge < -0.3 is 0 Å². The van der Waals surface area contributed by atoms with Crippen LogP contribution in [0, 0.1) is 0 Å². The molecule has 2 rings (SSSR count). The SMILES string of the molecule is C1=[N+]2CCCCN=C2SC1. The van der Waals surface area contributed by atoms with E-state index in [1.807, 2.05) is 11.8 Å². The molecule has 0 N–H and O–H groups in total. The molecule has 0 atom stereocenters. The number of hydrogen-bond acceptors (Lipinski definition) is 2. The van der Waals surface area contributed by atoms with E-state index in [2.05, 4.69) is 15.8 Å². The Labute approximate surface area is 65.0 Å². The predicted octanol–water partition coefficient (Wildman–Crippen LogP) is 0.966. The molecule has 0 aromatic rings. The first-order valence-electron chi connectivity index (χ1n) is 3.74. The number of rotatable bonds is 0. The molecule has 0 amide bonds. The number of amidine groups is 1. The number of fused-ring (bicyclic) bond motifs is 1. The van der Waals surface area contributed by atoms with Gasteiger partial charge in [-0.2, -0.15) is 0 Å². The molecular weight excluding hydrogens is 144 g/mol. The van der Waals surface area contributed by atoms with Gasteiger partial charge in [0.1, 0.15) is 6.54 Å².